The number of aryl methyl sites for hydroxylation is 3. The highest BCUT2D eigenvalue weighted by Crippen LogP contribution is 2.26. The summed E-state index contributed by atoms with van der Waals surface area (Å²) in [6.45, 7) is 9.62. The van der Waals surface area contributed by atoms with Gasteiger partial charge in [0.1, 0.15) is 12.4 Å². The van der Waals surface area contributed by atoms with Crippen molar-refractivity contribution in [3.63, 3.8) is 0 Å². The number of rotatable bonds is 6. The van der Waals surface area contributed by atoms with E-state index in [9.17, 15) is 0 Å². The van der Waals surface area contributed by atoms with E-state index in [1.165, 1.54) is 5.56 Å². The molecule has 2 aromatic rings. The number of aromatic nitrogens is 2. The lowest BCUT2D eigenvalue weighted by Gasteiger charge is -2.15. The molecule has 2 rings (SSSR count). The highest BCUT2D eigenvalue weighted by Gasteiger charge is 2.11. The first kappa shape index (κ1) is 15.6. The zero-order chi connectivity index (χ0) is 15.4. The van der Waals surface area contributed by atoms with Crippen molar-refractivity contribution < 1.29 is 4.74 Å². The van der Waals surface area contributed by atoms with Crippen LogP contribution in [0.5, 0.6) is 5.75 Å². The second-order valence-corrected chi connectivity index (χ2v) is 5.41. The summed E-state index contributed by atoms with van der Waals surface area (Å²) in [7, 11) is 0. The summed E-state index contributed by atoms with van der Waals surface area (Å²) in [5, 5.41) is 4.54. The van der Waals surface area contributed by atoms with E-state index in [-0.39, 0.29) is 6.04 Å². The third-order valence-corrected chi connectivity index (χ3v) is 3.61. The van der Waals surface area contributed by atoms with Crippen LogP contribution in [-0.2, 0) is 19.6 Å². The highest BCUT2D eigenvalue weighted by atomic mass is 16.5. The molecule has 1 atom stereocenters. The Labute approximate surface area is 126 Å². The first-order chi connectivity index (χ1) is 10.0. The van der Waals surface area contributed by atoms with Crippen molar-refractivity contribution in [1.29, 1.82) is 0 Å². The van der Waals surface area contributed by atoms with Gasteiger partial charge in [-0.25, -0.2) is 0 Å². The first-order valence-electron chi connectivity index (χ1n) is 7.59. The summed E-state index contributed by atoms with van der Waals surface area (Å²) in [4.78, 5) is 0. The van der Waals surface area contributed by atoms with E-state index in [2.05, 4.69) is 44.1 Å². The van der Waals surface area contributed by atoms with Crippen molar-refractivity contribution in [2.45, 2.75) is 53.3 Å². The maximum atomic E-state index is 6.04. The summed E-state index contributed by atoms with van der Waals surface area (Å²) >= 11 is 0. The number of hydrogen-bond acceptors (Lipinski definition) is 3. The molecule has 0 saturated heterocycles. The van der Waals surface area contributed by atoms with Crippen molar-refractivity contribution in [2.75, 3.05) is 0 Å². The predicted octanol–water partition coefficient (Wildman–Crippen LogP) is 3.37. The average molecular weight is 287 g/mol. The molecule has 1 aromatic heterocycles. The molecule has 0 amide bonds. The summed E-state index contributed by atoms with van der Waals surface area (Å²) in [5.74, 6) is 0.859. The van der Waals surface area contributed by atoms with Crippen molar-refractivity contribution in [3.05, 3.63) is 46.8 Å². The number of hydrogen-bond donors (Lipinski definition) is 1. The predicted molar refractivity (Wildman–Crippen MR) is 85.4 cm³/mol. The molecule has 0 radical (unpaired) electrons. The van der Waals surface area contributed by atoms with Gasteiger partial charge in [0.05, 0.1) is 11.4 Å². The van der Waals surface area contributed by atoms with Crippen molar-refractivity contribution in [1.82, 2.24) is 9.78 Å². The van der Waals surface area contributed by atoms with Gasteiger partial charge in [0, 0.05) is 18.2 Å². The van der Waals surface area contributed by atoms with Gasteiger partial charge in [0.2, 0.25) is 0 Å². The molecule has 21 heavy (non-hydrogen) atoms. The Kier molecular flexibility index (Phi) is 5.02. The monoisotopic (exact) mass is 287 g/mol. The number of ether oxygens (including phenoxy) is 1. The lowest BCUT2D eigenvalue weighted by atomic mass is 10.1. The molecular formula is C17H25N3O. The smallest absolute Gasteiger partial charge is 0.130 e. The Hall–Kier alpha value is -1.81. The minimum atomic E-state index is -0.0396. The van der Waals surface area contributed by atoms with Crippen LogP contribution >= 0.6 is 0 Å². The van der Waals surface area contributed by atoms with E-state index in [1.54, 1.807) is 0 Å². The molecule has 0 aliphatic rings. The van der Waals surface area contributed by atoms with Crippen LogP contribution in [-0.4, -0.2) is 9.78 Å². The minimum absolute atomic E-state index is 0.0396. The molecule has 4 nitrogen and oxygen atoms in total. The van der Waals surface area contributed by atoms with Gasteiger partial charge in [-0.2, -0.15) is 5.10 Å². The van der Waals surface area contributed by atoms with Crippen LogP contribution in [0.1, 0.15) is 49.3 Å². The molecule has 114 valence electrons. The van der Waals surface area contributed by atoms with Crippen LogP contribution in [0.15, 0.2) is 24.3 Å². The Morgan fingerprint density at radius 3 is 2.67 bits per heavy atom. The maximum absolute atomic E-state index is 6.04. The molecule has 1 heterocycles. The number of nitrogens with two attached hydrogens (primary N) is 1. The maximum Gasteiger partial charge on any atom is 0.130 e. The van der Waals surface area contributed by atoms with Crippen LogP contribution in [0, 0.1) is 6.92 Å². The third-order valence-electron chi connectivity index (χ3n) is 3.61. The molecule has 0 spiro atoms. The summed E-state index contributed by atoms with van der Waals surface area (Å²) in [5.41, 5.74) is 10.5. The van der Waals surface area contributed by atoms with Crippen LogP contribution in [0.2, 0.25) is 0 Å². The van der Waals surface area contributed by atoms with Gasteiger partial charge in [-0.3, -0.25) is 4.68 Å². The third kappa shape index (κ3) is 3.64. The van der Waals surface area contributed by atoms with Crippen molar-refractivity contribution in [3.8, 4) is 5.75 Å². The Bertz CT molecular complexity index is 602. The molecular weight excluding hydrogens is 262 g/mol. The van der Waals surface area contributed by atoms with Crippen LogP contribution in [0.25, 0.3) is 0 Å². The molecule has 0 fully saturated rings. The summed E-state index contributed by atoms with van der Waals surface area (Å²) < 4.78 is 8.00. The standard InChI is InChI=1S/C17H25N3O/c1-5-14-10-15(20(6-2)19-14)11-21-17-8-7-12(3)9-16(17)13(4)18/h7-10,13H,5-6,11,18H2,1-4H3/t13-/m1/s1. The second-order valence-electron chi connectivity index (χ2n) is 5.41. The highest BCUT2D eigenvalue weighted by molar-refractivity contribution is 5.38. The van der Waals surface area contributed by atoms with Gasteiger partial charge >= 0.3 is 0 Å². The average Bonchev–Trinajstić information content (AvgIpc) is 2.88. The van der Waals surface area contributed by atoms with Gasteiger partial charge in [-0.05, 0) is 39.3 Å². The number of nitrogens with zero attached hydrogens (tertiary/aromatic N) is 2. The lowest BCUT2D eigenvalue weighted by Crippen LogP contribution is -2.10. The van der Waals surface area contributed by atoms with Crippen LogP contribution in [0.3, 0.4) is 0 Å². The van der Waals surface area contributed by atoms with E-state index < -0.39 is 0 Å². The van der Waals surface area contributed by atoms with Crippen LogP contribution < -0.4 is 10.5 Å². The minimum Gasteiger partial charge on any atom is -0.487 e. The SMILES string of the molecule is CCc1cc(COc2ccc(C)cc2[C@@H](C)N)n(CC)n1. The molecule has 0 saturated carbocycles. The van der Waals surface area contributed by atoms with Gasteiger partial charge in [0.15, 0.2) is 0 Å². The van der Waals surface area contributed by atoms with E-state index >= 15 is 0 Å². The van der Waals surface area contributed by atoms with Gasteiger partial charge in [0.25, 0.3) is 0 Å². The van der Waals surface area contributed by atoms with Gasteiger partial charge in [-0.15, -0.1) is 0 Å². The molecule has 0 aliphatic carbocycles. The second kappa shape index (κ2) is 6.76. The summed E-state index contributed by atoms with van der Waals surface area (Å²) in [6, 6.07) is 8.22. The van der Waals surface area contributed by atoms with E-state index in [1.807, 2.05) is 17.7 Å². The molecule has 2 N–H and O–H groups in total. The Morgan fingerprint density at radius 1 is 1.29 bits per heavy atom. The molecule has 1 aromatic carbocycles. The fraction of sp³-hybridized carbons (Fsp3) is 0.471. The summed E-state index contributed by atoms with van der Waals surface area (Å²) in [6.07, 6.45) is 0.940. The van der Waals surface area contributed by atoms with Crippen molar-refractivity contribution in [2.24, 2.45) is 5.73 Å². The molecule has 0 unspecified atom stereocenters. The van der Waals surface area contributed by atoms with Gasteiger partial charge < -0.3 is 10.5 Å². The largest absolute Gasteiger partial charge is 0.487 e. The van der Waals surface area contributed by atoms with Crippen LogP contribution in [0.4, 0.5) is 0 Å². The quantitative estimate of drug-likeness (QED) is 0.886. The van der Waals surface area contributed by atoms with E-state index in [0.29, 0.717) is 6.61 Å². The van der Waals surface area contributed by atoms with E-state index in [0.717, 1.165) is 35.7 Å². The zero-order valence-corrected chi connectivity index (χ0v) is 13.4. The molecule has 0 aliphatic heterocycles. The van der Waals surface area contributed by atoms with Gasteiger partial charge in [-0.1, -0.05) is 24.6 Å². The van der Waals surface area contributed by atoms with E-state index in [4.69, 9.17) is 10.5 Å². The Balaban J connectivity index is 2.18. The zero-order valence-electron chi connectivity index (χ0n) is 13.4. The van der Waals surface area contributed by atoms with Crippen molar-refractivity contribution >= 4 is 0 Å². The fourth-order valence-corrected chi connectivity index (χ4v) is 2.38. The topological polar surface area (TPSA) is 53.1 Å². The molecule has 0 bridgehead atoms. The fourth-order valence-electron chi connectivity index (χ4n) is 2.38. The Morgan fingerprint density at radius 2 is 2.05 bits per heavy atom. The normalized spacial score (nSPS) is 12.4. The molecule has 4 heteroatoms. The first-order valence-corrected chi connectivity index (χ1v) is 7.59. The lowest BCUT2D eigenvalue weighted by molar-refractivity contribution is 0.288. The number of benzene rings is 1.